The molecular weight excluding hydrogens is 322 g/mol. The highest BCUT2D eigenvalue weighted by atomic mass is 35.5. The smallest absolute Gasteiger partial charge is 0.407 e. The van der Waals surface area contributed by atoms with Crippen LogP contribution < -0.4 is 5.32 Å². The molecule has 1 saturated heterocycles. The highest BCUT2D eigenvalue weighted by molar-refractivity contribution is 6.28. The number of nitrogens with one attached hydrogen (secondary N) is 1. The van der Waals surface area contributed by atoms with Gasteiger partial charge in [-0.25, -0.2) is 9.78 Å². The number of nitrogens with zero attached hydrogens (tertiary/aromatic N) is 5. The minimum atomic E-state index is -2.79. The Hall–Kier alpha value is -2.23. The Balaban J connectivity index is 1.89. The van der Waals surface area contributed by atoms with Crippen molar-refractivity contribution in [2.24, 2.45) is 0 Å². The number of amides is 1. The number of carboxylic acid groups (broad SMARTS) is 1. The van der Waals surface area contributed by atoms with Crippen molar-refractivity contribution in [3.05, 3.63) is 11.6 Å². The number of rotatable bonds is 3. The number of alkyl halides is 2. The topological polar surface area (TPSA) is 96.2 Å². The minimum Gasteiger partial charge on any atom is -0.465 e. The van der Waals surface area contributed by atoms with Crippen molar-refractivity contribution in [3.8, 4) is 0 Å². The van der Waals surface area contributed by atoms with Gasteiger partial charge in [-0.2, -0.15) is 18.7 Å². The van der Waals surface area contributed by atoms with E-state index in [0.29, 0.717) is 17.5 Å². The van der Waals surface area contributed by atoms with Gasteiger partial charge in [0.15, 0.2) is 17.0 Å². The molecule has 0 radical (unpaired) electrons. The first kappa shape index (κ1) is 14.7. The number of halogens is 3. The molecule has 11 heteroatoms. The van der Waals surface area contributed by atoms with Crippen LogP contribution in [0.25, 0.3) is 11.2 Å². The number of anilines is 1. The number of likely N-dealkylation sites (tertiary alicyclic amines) is 1. The summed E-state index contributed by atoms with van der Waals surface area (Å²) in [6, 6.07) is -0.193. The summed E-state index contributed by atoms with van der Waals surface area (Å²) in [7, 11) is 0. The maximum atomic E-state index is 12.9. The molecule has 3 heterocycles. The van der Waals surface area contributed by atoms with E-state index in [-0.39, 0.29) is 34.9 Å². The Kier molecular flexibility index (Phi) is 3.69. The molecule has 1 aliphatic rings. The zero-order valence-corrected chi connectivity index (χ0v) is 11.8. The van der Waals surface area contributed by atoms with Gasteiger partial charge in [0.05, 0.1) is 0 Å². The summed E-state index contributed by atoms with van der Waals surface area (Å²) >= 11 is 5.77. The van der Waals surface area contributed by atoms with Crippen LogP contribution in [0.3, 0.4) is 0 Å². The Morgan fingerprint density at radius 1 is 1.50 bits per heavy atom. The van der Waals surface area contributed by atoms with E-state index in [2.05, 4.69) is 20.3 Å². The van der Waals surface area contributed by atoms with Crippen molar-refractivity contribution in [2.45, 2.75) is 19.0 Å². The number of hydrogen-bond acceptors (Lipinski definition) is 5. The van der Waals surface area contributed by atoms with Crippen molar-refractivity contribution in [1.82, 2.24) is 24.4 Å². The minimum absolute atomic E-state index is 0.0782. The van der Waals surface area contributed by atoms with E-state index in [0.717, 1.165) is 6.33 Å². The predicted molar refractivity (Wildman–Crippen MR) is 73.2 cm³/mol. The van der Waals surface area contributed by atoms with E-state index in [4.69, 9.17) is 16.7 Å². The lowest BCUT2D eigenvalue weighted by molar-refractivity contribution is 0.0740. The van der Waals surface area contributed by atoms with E-state index >= 15 is 0 Å². The van der Waals surface area contributed by atoms with Gasteiger partial charge in [0.25, 0.3) is 0 Å². The number of aromatic nitrogens is 4. The lowest BCUT2D eigenvalue weighted by atomic mass is 10.2. The fraction of sp³-hybridized carbons (Fsp3) is 0.455. The molecule has 0 aliphatic carbocycles. The van der Waals surface area contributed by atoms with Gasteiger partial charge in [-0.3, -0.25) is 4.57 Å². The normalized spacial score (nSPS) is 18.4. The summed E-state index contributed by atoms with van der Waals surface area (Å²) in [5, 5.41) is 11.7. The standard InChI is InChI=1S/C11H11ClF2N6O2/c12-9-17-7(16-5-1-2-19(3-5)11(21)22)6-8(18-9)20(4-15-6)10(13)14/h4-5,10H,1-3H2,(H,21,22)(H,16,17,18)/t5-/m0/s1. The molecule has 1 amide bonds. The molecule has 2 N–H and O–H groups in total. The second kappa shape index (κ2) is 5.52. The van der Waals surface area contributed by atoms with E-state index in [1.165, 1.54) is 4.90 Å². The maximum Gasteiger partial charge on any atom is 0.407 e. The maximum absolute atomic E-state index is 12.9. The predicted octanol–water partition coefficient (Wildman–Crippen LogP) is 2.04. The average molecular weight is 333 g/mol. The second-order valence-electron chi connectivity index (χ2n) is 4.80. The summed E-state index contributed by atoms with van der Waals surface area (Å²) in [6.45, 7) is -2.13. The van der Waals surface area contributed by atoms with Gasteiger partial charge in [-0.15, -0.1) is 0 Å². The summed E-state index contributed by atoms with van der Waals surface area (Å²) in [6.07, 6.45) is 0.534. The summed E-state index contributed by atoms with van der Waals surface area (Å²) in [5.74, 6) is 0.214. The largest absolute Gasteiger partial charge is 0.465 e. The van der Waals surface area contributed by atoms with Gasteiger partial charge >= 0.3 is 12.6 Å². The molecule has 1 atom stereocenters. The molecule has 2 aromatic heterocycles. The monoisotopic (exact) mass is 332 g/mol. The number of fused-ring (bicyclic) bond motifs is 1. The van der Waals surface area contributed by atoms with Crippen LogP contribution >= 0.6 is 11.6 Å². The second-order valence-corrected chi connectivity index (χ2v) is 5.14. The molecule has 2 aromatic rings. The van der Waals surface area contributed by atoms with Crippen molar-refractivity contribution in [1.29, 1.82) is 0 Å². The van der Waals surface area contributed by atoms with Crippen LogP contribution in [0.1, 0.15) is 13.0 Å². The van der Waals surface area contributed by atoms with Gasteiger partial charge in [-0.1, -0.05) is 0 Å². The lowest BCUT2D eigenvalue weighted by Crippen LogP contribution is -2.30. The van der Waals surface area contributed by atoms with E-state index in [1.807, 2.05) is 0 Å². The van der Waals surface area contributed by atoms with E-state index < -0.39 is 12.6 Å². The zero-order valence-electron chi connectivity index (χ0n) is 11.1. The van der Waals surface area contributed by atoms with E-state index in [1.54, 1.807) is 0 Å². The molecule has 0 unspecified atom stereocenters. The summed E-state index contributed by atoms with van der Waals surface area (Å²) < 4.78 is 26.3. The van der Waals surface area contributed by atoms with Crippen molar-refractivity contribution in [2.75, 3.05) is 18.4 Å². The fourth-order valence-electron chi connectivity index (χ4n) is 2.38. The highest BCUT2D eigenvalue weighted by Gasteiger charge is 2.27. The third-order valence-electron chi connectivity index (χ3n) is 3.40. The van der Waals surface area contributed by atoms with Crippen LogP contribution in [0, 0.1) is 0 Å². The Bertz CT molecular complexity index is 724. The molecular formula is C11H11ClF2N6O2. The number of imidazole rings is 1. The molecule has 118 valence electrons. The Morgan fingerprint density at radius 2 is 2.27 bits per heavy atom. The first-order chi connectivity index (χ1) is 10.5. The molecule has 1 fully saturated rings. The van der Waals surface area contributed by atoms with Crippen molar-refractivity contribution < 1.29 is 18.7 Å². The first-order valence-corrected chi connectivity index (χ1v) is 6.76. The highest BCUT2D eigenvalue weighted by Crippen LogP contribution is 2.26. The molecule has 0 spiro atoms. The first-order valence-electron chi connectivity index (χ1n) is 6.38. The van der Waals surface area contributed by atoms with E-state index in [9.17, 15) is 13.6 Å². The van der Waals surface area contributed by atoms with Crippen LogP contribution in [0.5, 0.6) is 0 Å². The molecule has 0 aromatic carbocycles. The molecule has 3 rings (SSSR count). The van der Waals surface area contributed by atoms with Crippen molar-refractivity contribution in [3.63, 3.8) is 0 Å². The molecule has 22 heavy (non-hydrogen) atoms. The molecule has 8 nitrogen and oxygen atoms in total. The molecule has 0 saturated carbocycles. The SMILES string of the molecule is O=C(O)N1CC[C@H](Nc2nc(Cl)nc3c2ncn3C(F)F)C1. The zero-order chi connectivity index (χ0) is 15.9. The fourth-order valence-corrected chi connectivity index (χ4v) is 2.54. The van der Waals surface area contributed by atoms with Gasteiger partial charge in [-0.05, 0) is 18.0 Å². The summed E-state index contributed by atoms with van der Waals surface area (Å²) in [5.41, 5.74) is 0.0871. The third kappa shape index (κ3) is 2.61. The Morgan fingerprint density at radius 3 is 2.91 bits per heavy atom. The van der Waals surface area contributed by atoms with Crippen LogP contribution in [0.15, 0.2) is 6.33 Å². The number of hydrogen-bond donors (Lipinski definition) is 2. The summed E-state index contributed by atoms with van der Waals surface area (Å²) in [4.78, 5) is 23.8. The van der Waals surface area contributed by atoms with Gasteiger partial charge in [0.1, 0.15) is 6.33 Å². The quantitative estimate of drug-likeness (QED) is 0.835. The Labute approximate surface area is 127 Å². The van der Waals surface area contributed by atoms with Crippen LogP contribution in [0.2, 0.25) is 5.28 Å². The number of carbonyl (C=O) groups is 1. The van der Waals surface area contributed by atoms with Crippen molar-refractivity contribution >= 4 is 34.7 Å². The van der Waals surface area contributed by atoms with Crippen LogP contribution in [-0.2, 0) is 0 Å². The molecule has 0 bridgehead atoms. The van der Waals surface area contributed by atoms with Gasteiger partial charge in [0, 0.05) is 19.1 Å². The van der Waals surface area contributed by atoms with Crippen LogP contribution in [0.4, 0.5) is 19.4 Å². The average Bonchev–Trinajstić information content (AvgIpc) is 3.04. The third-order valence-corrected chi connectivity index (χ3v) is 3.57. The van der Waals surface area contributed by atoms with Gasteiger partial charge in [0.2, 0.25) is 5.28 Å². The molecule has 1 aliphatic heterocycles. The van der Waals surface area contributed by atoms with Gasteiger partial charge < -0.3 is 15.3 Å². The lowest BCUT2D eigenvalue weighted by Gasteiger charge is -2.14. The van der Waals surface area contributed by atoms with Crippen LogP contribution in [-0.4, -0.2) is 54.8 Å².